The van der Waals surface area contributed by atoms with Crippen LogP contribution in [0.4, 0.5) is 0 Å². The van der Waals surface area contributed by atoms with E-state index in [2.05, 4.69) is 5.32 Å². The molecule has 1 fully saturated rings. The number of rotatable bonds is 5. The largest absolute Gasteiger partial charge is 0.481 e. The number of aromatic nitrogens is 1. The number of carbonyl (C=O) groups is 3. The first-order valence-electron chi connectivity index (χ1n) is 6.05. The highest BCUT2D eigenvalue weighted by Crippen LogP contribution is 2.45. The zero-order chi connectivity index (χ0) is 14.2. The third-order valence-corrected chi connectivity index (χ3v) is 3.54. The monoisotopic (exact) mass is 264 g/mol. The third kappa shape index (κ3) is 2.52. The number of carboxylic acid groups (broad SMARTS) is 1. The highest BCUT2D eigenvalue weighted by molar-refractivity contribution is 5.99. The Labute approximate surface area is 110 Å². The average Bonchev–Trinajstić information content (AvgIpc) is 3.03. The van der Waals surface area contributed by atoms with Crippen LogP contribution in [-0.4, -0.2) is 33.9 Å². The molecule has 0 aromatic carbocycles. The Morgan fingerprint density at radius 3 is 2.47 bits per heavy atom. The number of amides is 1. The molecule has 1 heterocycles. The van der Waals surface area contributed by atoms with E-state index in [1.54, 1.807) is 17.8 Å². The van der Waals surface area contributed by atoms with Gasteiger partial charge < -0.3 is 15.0 Å². The van der Waals surface area contributed by atoms with Gasteiger partial charge in [-0.15, -0.1) is 0 Å². The predicted molar refractivity (Wildman–Crippen MR) is 67.1 cm³/mol. The number of nitrogens with zero attached hydrogens (tertiary/aromatic N) is 1. The van der Waals surface area contributed by atoms with Gasteiger partial charge in [0.1, 0.15) is 5.69 Å². The Bertz CT molecular complexity index is 555. The van der Waals surface area contributed by atoms with Crippen molar-refractivity contribution >= 4 is 17.7 Å². The number of hydrogen-bond acceptors (Lipinski definition) is 3. The summed E-state index contributed by atoms with van der Waals surface area (Å²) < 4.78 is 1.56. The Kier molecular flexibility index (Phi) is 3.18. The van der Waals surface area contributed by atoms with Crippen LogP contribution in [0.3, 0.4) is 0 Å². The van der Waals surface area contributed by atoms with Crippen LogP contribution in [0.15, 0.2) is 12.3 Å². The summed E-state index contributed by atoms with van der Waals surface area (Å²) in [6, 6.07) is 1.51. The van der Waals surface area contributed by atoms with Crippen LogP contribution in [0.1, 0.15) is 40.6 Å². The van der Waals surface area contributed by atoms with E-state index in [4.69, 9.17) is 5.11 Å². The number of hydrogen-bond donors (Lipinski definition) is 2. The molecule has 0 bridgehead atoms. The minimum absolute atomic E-state index is 0.112. The van der Waals surface area contributed by atoms with E-state index in [1.165, 1.54) is 13.0 Å². The lowest BCUT2D eigenvalue weighted by molar-refractivity contribution is -0.143. The minimum atomic E-state index is -0.871. The van der Waals surface area contributed by atoms with Gasteiger partial charge in [-0.2, -0.15) is 0 Å². The van der Waals surface area contributed by atoms with Gasteiger partial charge in [0, 0.05) is 25.4 Å². The average molecular weight is 264 g/mol. The molecule has 1 aromatic heterocycles. The van der Waals surface area contributed by atoms with Gasteiger partial charge in [-0.25, -0.2) is 0 Å². The molecule has 0 spiro atoms. The lowest BCUT2D eigenvalue weighted by atomic mass is 10.1. The van der Waals surface area contributed by atoms with Gasteiger partial charge in [-0.1, -0.05) is 0 Å². The molecule has 2 N–H and O–H groups in total. The fraction of sp³-hybridized carbons (Fsp3) is 0.462. The maximum Gasteiger partial charge on any atom is 0.311 e. The van der Waals surface area contributed by atoms with Crippen molar-refractivity contribution in [3.63, 3.8) is 0 Å². The van der Waals surface area contributed by atoms with Gasteiger partial charge in [0.25, 0.3) is 5.91 Å². The maximum atomic E-state index is 12.0. The van der Waals surface area contributed by atoms with E-state index in [-0.39, 0.29) is 18.2 Å². The Balaban J connectivity index is 2.04. The van der Waals surface area contributed by atoms with Gasteiger partial charge in [-0.05, 0) is 25.8 Å². The molecular formula is C13H16N2O4. The normalized spacial score (nSPS) is 15.9. The van der Waals surface area contributed by atoms with E-state index < -0.39 is 11.4 Å². The number of aliphatic carboxylic acids is 1. The second-order valence-electron chi connectivity index (χ2n) is 5.05. The standard InChI is InChI=1S/C13H16N2O4/c1-8(16)9-5-10(15(2)6-9)11(17)14-7-13(3-4-13)12(18)19/h5-6H,3-4,7H2,1-2H3,(H,14,17)(H,18,19). The van der Waals surface area contributed by atoms with E-state index in [0.29, 0.717) is 24.1 Å². The Morgan fingerprint density at radius 2 is 2.05 bits per heavy atom. The second kappa shape index (κ2) is 4.53. The molecule has 1 saturated carbocycles. The van der Waals surface area contributed by atoms with E-state index in [1.807, 2.05) is 0 Å². The molecule has 6 heteroatoms. The van der Waals surface area contributed by atoms with Crippen molar-refractivity contribution in [1.82, 2.24) is 9.88 Å². The van der Waals surface area contributed by atoms with Crippen molar-refractivity contribution in [1.29, 1.82) is 0 Å². The van der Waals surface area contributed by atoms with Crippen molar-refractivity contribution in [3.05, 3.63) is 23.5 Å². The zero-order valence-electron chi connectivity index (χ0n) is 10.9. The molecule has 6 nitrogen and oxygen atoms in total. The second-order valence-corrected chi connectivity index (χ2v) is 5.05. The first-order valence-corrected chi connectivity index (χ1v) is 6.05. The lowest BCUT2D eigenvalue weighted by Crippen LogP contribution is -2.34. The van der Waals surface area contributed by atoms with Crippen molar-refractivity contribution in [3.8, 4) is 0 Å². The molecular weight excluding hydrogens is 248 g/mol. The molecule has 1 aromatic rings. The van der Waals surface area contributed by atoms with Crippen LogP contribution in [-0.2, 0) is 11.8 Å². The van der Waals surface area contributed by atoms with Gasteiger partial charge in [-0.3, -0.25) is 14.4 Å². The molecule has 0 radical (unpaired) electrons. The molecule has 102 valence electrons. The van der Waals surface area contributed by atoms with Crippen LogP contribution in [0.25, 0.3) is 0 Å². The van der Waals surface area contributed by atoms with Crippen molar-refractivity contribution in [2.24, 2.45) is 12.5 Å². The minimum Gasteiger partial charge on any atom is -0.481 e. The molecule has 1 aliphatic rings. The lowest BCUT2D eigenvalue weighted by Gasteiger charge is -2.11. The van der Waals surface area contributed by atoms with Crippen molar-refractivity contribution in [2.45, 2.75) is 19.8 Å². The summed E-state index contributed by atoms with van der Waals surface area (Å²) in [7, 11) is 1.67. The van der Waals surface area contributed by atoms with Crippen LogP contribution < -0.4 is 5.32 Å². The molecule has 0 aliphatic heterocycles. The van der Waals surface area contributed by atoms with Crippen LogP contribution in [0, 0.1) is 5.41 Å². The Hall–Kier alpha value is -2.11. The highest BCUT2D eigenvalue weighted by Gasteiger charge is 2.50. The van der Waals surface area contributed by atoms with E-state index in [0.717, 1.165) is 0 Å². The molecule has 1 aliphatic carbocycles. The Morgan fingerprint density at radius 1 is 1.42 bits per heavy atom. The summed E-state index contributed by atoms with van der Waals surface area (Å²) in [5, 5.41) is 11.6. The number of Topliss-reactive ketones (excluding diaryl/α,β-unsaturated/α-hetero) is 1. The summed E-state index contributed by atoms with van der Waals surface area (Å²) in [5.41, 5.74) is 0.0305. The SMILES string of the molecule is CC(=O)c1cc(C(=O)NCC2(C(=O)O)CC2)n(C)c1. The van der Waals surface area contributed by atoms with Gasteiger partial charge in [0.05, 0.1) is 5.41 Å². The fourth-order valence-corrected chi connectivity index (χ4v) is 1.94. The number of carboxylic acids is 1. The molecule has 0 unspecified atom stereocenters. The summed E-state index contributed by atoms with van der Waals surface area (Å²) in [6.07, 6.45) is 2.77. The smallest absolute Gasteiger partial charge is 0.311 e. The topological polar surface area (TPSA) is 88.4 Å². The van der Waals surface area contributed by atoms with E-state index >= 15 is 0 Å². The number of aryl methyl sites for hydroxylation is 1. The summed E-state index contributed by atoms with van der Waals surface area (Å²) in [4.78, 5) is 34.2. The highest BCUT2D eigenvalue weighted by atomic mass is 16.4. The van der Waals surface area contributed by atoms with E-state index in [9.17, 15) is 14.4 Å². The molecule has 2 rings (SSSR count). The molecule has 0 saturated heterocycles. The van der Waals surface area contributed by atoms with Crippen LogP contribution in [0.5, 0.6) is 0 Å². The van der Waals surface area contributed by atoms with Crippen molar-refractivity contribution in [2.75, 3.05) is 6.54 Å². The van der Waals surface area contributed by atoms with Gasteiger partial charge in [0.15, 0.2) is 5.78 Å². The zero-order valence-corrected chi connectivity index (χ0v) is 10.9. The summed E-state index contributed by atoms with van der Waals surface area (Å²) in [5.74, 6) is -1.34. The number of nitrogens with one attached hydrogen (secondary N) is 1. The first kappa shape index (κ1) is 13.3. The maximum absolute atomic E-state index is 12.0. The number of carbonyl (C=O) groups excluding carboxylic acids is 2. The molecule has 1 amide bonds. The molecule has 19 heavy (non-hydrogen) atoms. The molecule has 0 atom stereocenters. The quantitative estimate of drug-likeness (QED) is 0.771. The van der Waals surface area contributed by atoms with Crippen LogP contribution >= 0.6 is 0 Å². The van der Waals surface area contributed by atoms with Crippen LogP contribution in [0.2, 0.25) is 0 Å². The van der Waals surface area contributed by atoms with Gasteiger partial charge >= 0.3 is 5.97 Å². The first-order chi connectivity index (χ1) is 8.85. The summed E-state index contributed by atoms with van der Waals surface area (Å²) >= 11 is 0. The number of ketones is 1. The predicted octanol–water partition coefficient (Wildman–Crippen LogP) is 0.822. The van der Waals surface area contributed by atoms with Gasteiger partial charge in [0.2, 0.25) is 0 Å². The van der Waals surface area contributed by atoms with Crippen molar-refractivity contribution < 1.29 is 19.5 Å². The summed E-state index contributed by atoms with van der Waals surface area (Å²) in [6.45, 7) is 1.56. The third-order valence-electron chi connectivity index (χ3n) is 3.54. The fourth-order valence-electron chi connectivity index (χ4n) is 1.94.